The Morgan fingerprint density at radius 2 is 1.76 bits per heavy atom. The molecule has 156 valence electrons. The van der Waals surface area contributed by atoms with Gasteiger partial charge in [0.05, 0.1) is 13.2 Å². The summed E-state index contributed by atoms with van der Waals surface area (Å²) in [6.07, 6.45) is 2.41. The lowest BCUT2D eigenvalue weighted by atomic mass is 10.1. The first kappa shape index (κ1) is 21.8. The minimum absolute atomic E-state index is 0.216. The average molecular weight is 438 g/mol. The Morgan fingerprint density at radius 1 is 1.10 bits per heavy atom. The number of hydrogen-bond acceptors (Lipinski definition) is 4. The monoisotopic (exact) mass is 437 g/mol. The zero-order chi connectivity index (χ0) is 20.6. The third kappa shape index (κ3) is 6.55. The van der Waals surface area contributed by atoms with Crippen molar-refractivity contribution in [1.29, 1.82) is 0 Å². The van der Waals surface area contributed by atoms with Gasteiger partial charge in [-0.25, -0.2) is 0 Å². The van der Waals surface area contributed by atoms with E-state index in [0.717, 1.165) is 24.5 Å². The number of halogens is 2. The van der Waals surface area contributed by atoms with E-state index in [1.54, 1.807) is 31.4 Å². The Morgan fingerprint density at radius 3 is 2.34 bits per heavy atom. The van der Waals surface area contributed by atoms with Gasteiger partial charge in [0.1, 0.15) is 5.75 Å². The zero-order valence-corrected chi connectivity index (χ0v) is 17.9. The Bertz CT molecular complexity index is 782. The molecular formula is C21H25F2N3OS2. The summed E-state index contributed by atoms with van der Waals surface area (Å²) in [5, 5.41) is 6.94. The van der Waals surface area contributed by atoms with Gasteiger partial charge >= 0.3 is 0 Å². The van der Waals surface area contributed by atoms with Crippen molar-refractivity contribution in [3.63, 3.8) is 0 Å². The summed E-state index contributed by atoms with van der Waals surface area (Å²) in [4.78, 5) is 2.99. The van der Waals surface area contributed by atoms with Gasteiger partial charge in [-0.05, 0) is 80.1 Å². The number of thioether (sulfide) groups is 1. The first-order valence-corrected chi connectivity index (χ1v) is 10.8. The fourth-order valence-corrected chi connectivity index (χ4v) is 4.12. The van der Waals surface area contributed by atoms with E-state index in [1.807, 2.05) is 12.1 Å². The first-order chi connectivity index (χ1) is 14.0. The van der Waals surface area contributed by atoms with Gasteiger partial charge in [-0.1, -0.05) is 23.9 Å². The van der Waals surface area contributed by atoms with Gasteiger partial charge in [0, 0.05) is 17.1 Å². The maximum atomic E-state index is 12.4. The van der Waals surface area contributed by atoms with Gasteiger partial charge in [0.15, 0.2) is 5.11 Å². The second kappa shape index (κ2) is 10.8. The molecule has 2 N–H and O–H groups in total. The number of methoxy groups -OCH3 is 1. The van der Waals surface area contributed by atoms with Crippen LogP contribution in [0.5, 0.6) is 5.75 Å². The SMILES string of the molecule is COc1ccc(C(CNC(=S)Nc2ccc(SC(F)F)cc2)N2CCCC2)cc1. The molecule has 8 heteroatoms. The van der Waals surface area contributed by atoms with Gasteiger partial charge in [0.2, 0.25) is 0 Å². The molecule has 29 heavy (non-hydrogen) atoms. The lowest BCUT2D eigenvalue weighted by Gasteiger charge is -2.29. The topological polar surface area (TPSA) is 36.5 Å². The molecule has 0 aliphatic carbocycles. The Hall–Kier alpha value is -1.90. The van der Waals surface area contributed by atoms with Crippen LogP contribution in [-0.2, 0) is 0 Å². The van der Waals surface area contributed by atoms with Crippen LogP contribution in [0.25, 0.3) is 0 Å². The summed E-state index contributed by atoms with van der Waals surface area (Å²) in [6.45, 7) is 2.82. The molecule has 2 aromatic carbocycles. The number of nitrogens with zero attached hydrogens (tertiary/aromatic N) is 1. The van der Waals surface area contributed by atoms with Gasteiger partial charge < -0.3 is 15.4 Å². The van der Waals surface area contributed by atoms with Crippen LogP contribution in [0.15, 0.2) is 53.4 Å². The molecule has 3 rings (SSSR count). The van der Waals surface area contributed by atoms with Crippen LogP contribution in [0.3, 0.4) is 0 Å². The van der Waals surface area contributed by atoms with Crippen molar-refractivity contribution in [3.05, 3.63) is 54.1 Å². The molecule has 1 aliphatic heterocycles. The summed E-state index contributed by atoms with van der Waals surface area (Å²) < 4.78 is 30.1. The number of benzene rings is 2. The Balaban J connectivity index is 1.58. The van der Waals surface area contributed by atoms with Crippen LogP contribution in [-0.4, -0.2) is 42.5 Å². The van der Waals surface area contributed by atoms with Gasteiger partial charge in [-0.3, -0.25) is 4.90 Å². The summed E-state index contributed by atoms with van der Waals surface area (Å²) in [5.74, 6) is -1.58. The molecule has 0 spiro atoms. The van der Waals surface area contributed by atoms with Gasteiger partial charge in [-0.15, -0.1) is 0 Å². The highest BCUT2D eigenvalue weighted by molar-refractivity contribution is 7.99. The Kier molecular flexibility index (Phi) is 8.09. The van der Waals surface area contributed by atoms with Crippen molar-refractivity contribution in [2.45, 2.75) is 29.5 Å². The molecule has 0 bridgehead atoms. The molecule has 2 aromatic rings. The van der Waals surface area contributed by atoms with Crippen LogP contribution >= 0.6 is 24.0 Å². The van der Waals surface area contributed by atoms with Crippen molar-refractivity contribution in [2.24, 2.45) is 0 Å². The average Bonchev–Trinajstić information content (AvgIpc) is 3.24. The number of ether oxygens (including phenoxy) is 1. The van der Waals surface area contributed by atoms with E-state index in [4.69, 9.17) is 17.0 Å². The van der Waals surface area contributed by atoms with E-state index in [0.29, 0.717) is 28.3 Å². The number of anilines is 1. The van der Waals surface area contributed by atoms with Crippen LogP contribution in [0.4, 0.5) is 14.5 Å². The fraction of sp³-hybridized carbons (Fsp3) is 0.381. The number of thiocarbonyl (C=S) groups is 1. The standard InChI is InChI=1S/C21H25F2N3OS2/c1-27-17-8-4-15(5-9-17)19(26-12-2-3-13-26)14-24-21(28)25-16-6-10-18(11-7-16)29-20(22)23/h4-11,19-20H,2-3,12-14H2,1H3,(H2,24,25,28). The molecule has 1 fully saturated rings. The van der Waals surface area contributed by atoms with E-state index in [9.17, 15) is 8.78 Å². The summed E-state index contributed by atoms with van der Waals surface area (Å²) >= 11 is 5.97. The molecule has 4 nitrogen and oxygen atoms in total. The quantitative estimate of drug-likeness (QED) is 0.440. The van der Waals surface area contributed by atoms with Crippen molar-refractivity contribution >= 4 is 34.8 Å². The molecule has 1 aliphatic rings. The summed E-state index contributed by atoms with van der Waals surface area (Å²) in [7, 11) is 1.66. The van der Waals surface area contributed by atoms with Crippen molar-refractivity contribution in [3.8, 4) is 5.75 Å². The predicted molar refractivity (Wildman–Crippen MR) is 119 cm³/mol. The van der Waals surface area contributed by atoms with Crippen molar-refractivity contribution < 1.29 is 13.5 Å². The lowest BCUT2D eigenvalue weighted by Crippen LogP contribution is -2.38. The highest BCUT2D eigenvalue weighted by Crippen LogP contribution is 2.27. The molecule has 0 amide bonds. The highest BCUT2D eigenvalue weighted by Gasteiger charge is 2.23. The van der Waals surface area contributed by atoms with E-state index in [2.05, 4.69) is 27.7 Å². The van der Waals surface area contributed by atoms with Crippen LogP contribution in [0.2, 0.25) is 0 Å². The third-order valence-corrected chi connectivity index (χ3v) is 5.84. The maximum Gasteiger partial charge on any atom is 0.288 e. The second-order valence-corrected chi connectivity index (χ2v) is 8.24. The van der Waals surface area contributed by atoms with E-state index in [-0.39, 0.29) is 6.04 Å². The lowest BCUT2D eigenvalue weighted by molar-refractivity contribution is 0.246. The molecular weight excluding hydrogens is 412 g/mol. The smallest absolute Gasteiger partial charge is 0.288 e. The molecule has 1 saturated heterocycles. The van der Waals surface area contributed by atoms with Crippen LogP contribution in [0, 0.1) is 0 Å². The highest BCUT2D eigenvalue weighted by atomic mass is 32.2. The minimum atomic E-state index is -2.42. The number of likely N-dealkylation sites (tertiary alicyclic amines) is 1. The third-order valence-electron chi connectivity index (χ3n) is 4.88. The number of rotatable bonds is 8. The normalized spacial score (nSPS) is 15.3. The minimum Gasteiger partial charge on any atom is -0.497 e. The van der Waals surface area contributed by atoms with Crippen LogP contribution in [0.1, 0.15) is 24.4 Å². The molecule has 0 radical (unpaired) electrons. The molecule has 0 saturated carbocycles. The van der Waals surface area contributed by atoms with Crippen LogP contribution < -0.4 is 15.4 Å². The summed E-state index contributed by atoms with van der Waals surface area (Å²) in [6, 6.07) is 15.2. The Labute approximate surface area is 180 Å². The largest absolute Gasteiger partial charge is 0.497 e. The number of nitrogens with one attached hydrogen (secondary N) is 2. The number of alkyl halides is 2. The second-order valence-electron chi connectivity index (χ2n) is 6.77. The van der Waals surface area contributed by atoms with E-state index < -0.39 is 5.76 Å². The predicted octanol–water partition coefficient (Wildman–Crippen LogP) is 5.13. The molecule has 1 atom stereocenters. The van der Waals surface area contributed by atoms with E-state index >= 15 is 0 Å². The maximum absolute atomic E-state index is 12.4. The first-order valence-electron chi connectivity index (χ1n) is 9.53. The van der Waals surface area contributed by atoms with E-state index in [1.165, 1.54) is 18.4 Å². The van der Waals surface area contributed by atoms with Gasteiger partial charge in [-0.2, -0.15) is 8.78 Å². The summed E-state index contributed by atoms with van der Waals surface area (Å²) in [5.41, 5.74) is 1.99. The van der Waals surface area contributed by atoms with Gasteiger partial charge in [0.25, 0.3) is 5.76 Å². The molecule has 1 unspecified atom stereocenters. The number of hydrogen-bond donors (Lipinski definition) is 2. The molecule has 1 heterocycles. The zero-order valence-electron chi connectivity index (χ0n) is 16.2. The van der Waals surface area contributed by atoms with Crippen molar-refractivity contribution in [2.75, 3.05) is 32.1 Å². The van der Waals surface area contributed by atoms with Crippen molar-refractivity contribution in [1.82, 2.24) is 10.2 Å². The molecule has 0 aromatic heterocycles. The fourth-order valence-electron chi connectivity index (χ4n) is 3.42.